The minimum atomic E-state index is -3.86. The smallest absolute Gasteiger partial charge is 0.335 e. The minimum Gasteiger partial charge on any atom is -0.478 e. The van der Waals surface area contributed by atoms with Crippen molar-refractivity contribution in [2.24, 2.45) is 17.8 Å². The van der Waals surface area contributed by atoms with Crippen LogP contribution in [-0.2, 0) is 14.8 Å². The van der Waals surface area contributed by atoms with Gasteiger partial charge in [-0.1, -0.05) is 0 Å². The predicted octanol–water partition coefficient (Wildman–Crippen LogP) is 1.70. The molecule has 1 amide bonds. The molecule has 2 aliphatic carbocycles. The zero-order valence-electron chi connectivity index (χ0n) is 15.0. The number of carboxylic acid groups (broad SMARTS) is 1. The van der Waals surface area contributed by atoms with Gasteiger partial charge in [0.2, 0.25) is 15.9 Å². The van der Waals surface area contributed by atoms with Crippen LogP contribution in [0.25, 0.3) is 0 Å². The topological polar surface area (TPSA) is 104 Å². The average molecular weight is 392 g/mol. The van der Waals surface area contributed by atoms with Gasteiger partial charge in [-0.2, -0.15) is 0 Å². The molecule has 2 saturated carbocycles. The van der Waals surface area contributed by atoms with Gasteiger partial charge in [0, 0.05) is 12.6 Å². The highest BCUT2D eigenvalue weighted by Crippen LogP contribution is 2.47. The van der Waals surface area contributed by atoms with Crippen molar-refractivity contribution < 1.29 is 23.1 Å². The Morgan fingerprint density at radius 1 is 1.00 bits per heavy atom. The Morgan fingerprint density at radius 3 is 2.19 bits per heavy atom. The lowest BCUT2D eigenvalue weighted by atomic mass is 9.68. The third-order valence-corrected chi connectivity index (χ3v) is 7.67. The van der Waals surface area contributed by atoms with Gasteiger partial charge in [-0.25, -0.2) is 17.9 Å². The molecule has 0 spiro atoms. The molecule has 2 N–H and O–H groups in total. The molecule has 2 saturated heterocycles. The normalized spacial score (nSPS) is 29.6. The Kier molecular flexibility index (Phi) is 4.71. The molecule has 146 valence electrons. The Balaban J connectivity index is 1.42. The summed E-state index contributed by atoms with van der Waals surface area (Å²) in [4.78, 5) is 25.5. The van der Waals surface area contributed by atoms with Gasteiger partial charge >= 0.3 is 5.97 Å². The van der Waals surface area contributed by atoms with Gasteiger partial charge in [-0.3, -0.25) is 4.79 Å². The van der Waals surface area contributed by atoms with Crippen molar-refractivity contribution >= 4 is 21.9 Å². The first-order valence-electron chi connectivity index (χ1n) is 9.44. The number of sulfonamides is 1. The lowest BCUT2D eigenvalue weighted by molar-refractivity contribution is -0.132. The quantitative estimate of drug-likeness (QED) is 0.794. The molecule has 2 aliphatic heterocycles. The number of amides is 1. The fraction of sp³-hybridized carbons (Fsp3) is 0.579. The Morgan fingerprint density at radius 2 is 1.59 bits per heavy atom. The first kappa shape index (κ1) is 18.4. The van der Waals surface area contributed by atoms with E-state index in [1.54, 1.807) is 0 Å². The maximum Gasteiger partial charge on any atom is 0.335 e. The average Bonchev–Trinajstić information content (AvgIpc) is 2.83. The zero-order chi connectivity index (χ0) is 19.2. The number of aromatic carboxylic acids is 1. The van der Waals surface area contributed by atoms with Crippen LogP contribution >= 0.6 is 0 Å². The number of hydrogen-bond acceptors (Lipinski definition) is 4. The van der Waals surface area contributed by atoms with Crippen molar-refractivity contribution in [1.29, 1.82) is 0 Å². The van der Waals surface area contributed by atoms with E-state index in [0.29, 0.717) is 5.92 Å². The Bertz CT molecular complexity index is 837. The summed E-state index contributed by atoms with van der Waals surface area (Å²) in [6.07, 6.45) is 5.76. The van der Waals surface area contributed by atoms with Crippen molar-refractivity contribution in [3.8, 4) is 0 Å². The summed E-state index contributed by atoms with van der Waals surface area (Å²) in [7, 11) is -3.86. The Hall–Kier alpha value is -1.93. The van der Waals surface area contributed by atoms with Crippen LogP contribution in [0.3, 0.4) is 0 Å². The van der Waals surface area contributed by atoms with Crippen molar-refractivity contribution in [1.82, 2.24) is 9.62 Å². The number of carbonyl (C=O) groups is 2. The summed E-state index contributed by atoms with van der Waals surface area (Å²) in [5, 5.41) is 8.90. The lowest BCUT2D eigenvalue weighted by Gasteiger charge is -2.39. The molecule has 1 aromatic carbocycles. The SMILES string of the molecule is O=C(O)c1ccc(S(=O)(=O)NCC(=O)N2CC3CC4CC(C3)CC2C4)cc1. The second-order valence-corrected chi connectivity index (χ2v) is 9.90. The predicted molar refractivity (Wildman–Crippen MR) is 97.6 cm³/mol. The van der Waals surface area contributed by atoms with E-state index in [4.69, 9.17) is 5.11 Å². The monoisotopic (exact) mass is 392 g/mol. The molecular weight excluding hydrogens is 368 g/mol. The molecular formula is C19H24N2O5S. The van der Waals surface area contributed by atoms with E-state index in [1.165, 1.54) is 43.5 Å². The molecule has 7 nitrogen and oxygen atoms in total. The van der Waals surface area contributed by atoms with Crippen LogP contribution in [0, 0.1) is 17.8 Å². The Labute approximate surface area is 158 Å². The van der Waals surface area contributed by atoms with Crippen molar-refractivity contribution in [3.05, 3.63) is 29.8 Å². The lowest BCUT2D eigenvalue weighted by Crippen LogP contribution is -2.46. The summed E-state index contributed by atoms with van der Waals surface area (Å²) in [6.45, 7) is 0.479. The second-order valence-electron chi connectivity index (χ2n) is 8.13. The molecule has 4 bridgehead atoms. The molecule has 27 heavy (non-hydrogen) atoms. The van der Waals surface area contributed by atoms with Gasteiger partial charge in [0.1, 0.15) is 0 Å². The number of nitrogens with zero attached hydrogens (tertiary/aromatic N) is 1. The highest BCUT2D eigenvalue weighted by atomic mass is 32.2. The van der Waals surface area contributed by atoms with Crippen LogP contribution in [-0.4, -0.2) is 49.4 Å². The van der Waals surface area contributed by atoms with Crippen LogP contribution in [0.4, 0.5) is 0 Å². The minimum absolute atomic E-state index is 0.0143. The van der Waals surface area contributed by atoms with E-state index in [1.807, 2.05) is 4.90 Å². The molecule has 0 aromatic heterocycles. The van der Waals surface area contributed by atoms with E-state index in [2.05, 4.69) is 4.72 Å². The molecule has 1 aromatic rings. The molecule has 4 fully saturated rings. The first-order valence-corrected chi connectivity index (χ1v) is 10.9. The summed E-state index contributed by atoms with van der Waals surface area (Å²) in [5.41, 5.74) is 0.0143. The van der Waals surface area contributed by atoms with E-state index >= 15 is 0 Å². The maximum atomic E-state index is 12.8. The molecule has 0 radical (unpaired) electrons. The molecule has 2 unspecified atom stereocenters. The van der Waals surface area contributed by atoms with Crippen LogP contribution < -0.4 is 4.72 Å². The van der Waals surface area contributed by atoms with E-state index in [-0.39, 0.29) is 29.0 Å². The standard InChI is InChI=1S/C19H24N2O5S/c22-18(21-11-14-6-12-5-13(7-14)9-16(21)8-12)10-20-27(25,26)17-3-1-15(2-4-17)19(23)24/h1-4,12-14,16,20H,5-11H2,(H,23,24). The van der Waals surface area contributed by atoms with Crippen molar-refractivity contribution in [2.45, 2.75) is 43.0 Å². The number of fused-ring (bicyclic) bond motifs is 1. The largest absolute Gasteiger partial charge is 0.478 e. The first-order chi connectivity index (χ1) is 12.8. The summed E-state index contributed by atoms with van der Waals surface area (Å²) >= 11 is 0. The van der Waals surface area contributed by atoms with Gasteiger partial charge in [-0.05, 0) is 74.1 Å². The number of rotatable bonds is 5. The van der Waals surface area contributed by atoms with E-state index in [0.717, 1.165) is 31.2 Å². The van der Waals surface area contributed by atoms with Crippen molar-refractivity contribution in [2.75, 3.05) is 13.1 Å². The van der Waals surface area contributed by atoms with Gasteiger partial charge in [-0.15, -0.1) is 0 Å². The number of carbonyl (C=O) groups excluding carboxylic acids is 1. The van der Waals surface area contributed by atoms with Gasteiger partial charge in [0.15, 0.2) is 0 Å². The number of nitrogens with one attached hydrogen (secondary N) is 1. The molecule has 2 heterocycles. The molecule has 5 rings (SSSR count). The third kappa shape index (κ3) is 3.73. The molecule has 4 aliphatic rings. The highest BCUT2D eigenvalue weighted by Gasteiger charge is 2.43. The summed E-state index contributed by atoms with van der Waals surface area (Å²) < 4.78 is 27.2. The maximum absolute atomic E-state index is 12.8. The van der Waals surface area contributed by atoms with Crippen LogP contribution in [0.2, 0.25) is 0 Å². The fourth-order valence-electron chi connectivity index (χ4n) is 5.21. The third-order valence-electron chi connectivity index (χ3n) is 6.25. The fourth-order valence-corrected chi connectivity index (χ4v) is 6.18. The zero-order valence-corrected chi connectivity index (χ0v) is 15.8. The summed E-state index contributed by atoms with van der Waals surface area (Å²) in [5.74, 6) is 0.696. The number of benzene rings is 1. The van der Waals surface area contributed by atoms with Gasteiger partial charge in [0.05, 0.1) is 17.0 Å². The second kappa shape index (κ2) is 6.91. The van der Waals surface area contributed by atoms with Crippen LogP contribution in [0.5, 0.6) is 0 Å². The van der Waals surface area contributed by atoms with E-state index in [9.17, 15) is 18.0 Å². The van der Waals surface area contributed by atoms with Gasteiger partial charge < -0.3 is 10.0 Å². The highest BCUT2D eigenvalue weighted by molar-refractivity contribution is 7.89. The van der Waals surface area contributed by atoms with Crippen LogP contribution in [0.15, 0.2) is 29.2 Å². The molecule has 2 atom stereocenters. The van der Waals surface area contributed by atoms with Crippen molar-refractivity contribution in [3.63, 3.8) is 0 Å². The summed E-state index contributed by atoms with van der Waals surface area (Å²) in [6, 6.07) is 5.20. The number of hydrogen-bond donors (Lipinski definition) is 2. The van der Waals surface area contributed by atoms with Gasteiger partial charge in [0.25, 0.3) is 0 Å². The molecule has 8 heteroatoms. The number of carboxylic acids is 1. The van der Waals surface area contributed by atoms with E-state index < -0.39 is 16.0 Å². The van der Waals surface area contributed by atoms with Crippen LogP contribution in [0.1, 0.15) is 42.5 Å².